The second-order valence-electron chi connectivity index (χ2n) is 5.86. The summed E-state index contributed by atoms with van der Waals surface area (Å²) in [6.45, 7) is 3.08. The van der Waals surface area contributed by atoms with Crippen molar-refractivity contribution in [1.82, 2.24) is 4.98 Å². The summed E-state index contributed by atoms with van der Waals surface area (Å²) >= 11 is 4.87. The van der Waals surface area contributed by atoms with Crippen molar-refractivity contribution in [1.29, 1.82) is 0 Å². The molecule has 4 rings (SSSR count). The average molecular weight is 436 g/mol. The molecular weight excluding hydrogens is 421 g/mol. The molecule has 8 heteroatoms. The molecule has 1 aliphatic heterocycles. The van der Waals surface area contributed by atoms with Crippen LogP contribution in [0.25, 0.3) is 10.2 Å². The van der Waals surface area contributed by atoms with Gasteiger partial charge in [0.25, 0.3) is 5.91 Å². The van der Waals surface area contributed by atoms with Crippen LogP contribution in [0.3, 0.4) is 0 Å². The van der Waals surface area contributed by atoms with E-state index in [-0.39, 0.29) is 11.5 Å². The van der Waals surface area contributed by atoms with E-state index in [0.717, 1.165) is 28.4 Å². The lowest BCUT2D eigenvalue weighted by atomic mass is 10.2. The maximum Gasteiger partial charge on any atom is 0.256 e. The summed E-state index contributed by atoms with van der Waals surface area (Å²) in [5.41, 5.74) is 1.79. The van der Waals surface area contributed by atoms with E-state index in [1.54, 1.807) is 17.4 Å². The van der Waals surface area contributed by atoms with E-state index in [4.69, 9.17) is 4.74 Å². The number of halogens is 2. The van der Waals surface area contributed by atoms with Crippen LogP contribution in [0.15, 0.2) is 40.9 Å². The van der Waals surface area contributed by atoms with E-state index < -0.39 is 5.82 Å². The highest BCUT2D eigenvalue weighted by molar-refractivity contribution is 9.10. The number of fused-ring (bicyclic) bond motifs is 1. The summed E-state index contributed by atoms with van der Waals surface area (Å²) in [7, 11) is 0. The van der Waals surface area contributed by atoms with E-state index in [1.165, 1.54) is 18.2 Å². The van der Waals surface area contributed by atoms with E-state index in [0.29, 0.717) is 23.4 Å². The number of hydrogen-bond acceptors (Lipinski definition) is 5. The minimum atomic E-state index is -0.452. The predicted octanol–water partition coefficient (Wildman–Crippen LogP) is 4.29. The molecule has 1 amide bonds. The Balaban J connectivity index is 1.57. The molecular formula is C18H15BrFN3O2S. The van der Waals surface area contributed by atoms with Crippen LogP contribution in [0.2, 0.25) is 0 Å². The highest BCUT2D eigenvalue weighted by Crippen LogP contribution is 2.31. The van der Waals surface area contributed by atoms with Gasteiger partial charge >= 0.3 is 0 Å². The van der Waals surface area contributed by atoms with Crippen LogP contribution < -0.4 is 10.2 Å². The Morgan fingerprint density at radius 3 is 2.85 bits per heavy atom. The molecule has 0 radical (unpaired) electrons. The number of morpholine rings is 1. The van der Waals surface area contributed by atoms with Crippen molar-refractivity contribution in [3.63, 3.8) is 0 Å². The van der Waals surface area contributed by atoms with Crippen LogP contribution in [0.5, 0.6) is 0 Å². The highest BCUT2D eigenvalue weighted by atomic mass is 79.9. The van der Waals surface area contributed by atoms with E-state index in [2.05, 4.69) is 31.1 Å². The molecule has 2 aromatic carbocycles. The third-order valence-corrected chi connectivity index (χ3v) is 5.86. The summed E-state index contributed by atoms with van der Waals surface area (Å²) in [5, 5.41) is 3.77. The number of thiazole rings is 1. The fraction of sp³-hybridized carbons (Fsp3) is 0.222. The average Bonchev–Trinajstić information content (AvgIpc) is 3.08. The minimum absolute atomic E-state index is 0.253. The van der Waals surface area contributed by atoms with Crippen molar-refractivity contribution in [3.05, 3.63) is 52.3 Å². The first-order valence-corrected chi connectivity index (χ1v) is 9.71. The fourth-order valence-corrected chi connectivity index (χ4v) is 4.23. The summed E-state index contributed by atoms with van der Waals surface area (Å²) in [6, 6.07) is 9.61. The van der Waals surface area contributed by atoms with Crippen LogP contribution >= 0.6 is 27.3 Å². The van der Waals surface area contributed by atoms with Gasteiger partial charge in [-0.25, -0.2) is 9.37 Å². The van der Waals surface area contributed by atoms with Crippen molar-refractivity contribution >= 4 is 54.2 Å². The number of carbonyl (C=O) groups is 1. The summed E-state index contributed by atoms with van der Waals surface area (Å²) < 4.78 is 20.3. The topological polar surface area (TPSA) is 54.5 Å². The molecule has 0 unspecified atom stereocenters. The van der Waals surface area contributed by atoms with Crippen molar-refractivity contribution in [3.8, 4) is 0 Å². The van der Waals surface area contributed by atoms with Gasteiger partial charge in [0.1, 0.15) is 5.82 Å². The van der Waals surface area contributed by atoms with Crippen molar-refractivity contribution < 1.29 is 13.9 Å². The van der Waals surface area contributed by atoms with Crippen molar-refractivity contribution in [2.75, 3.05) is 36.5 Å². The van der Waals surface area contributed by atoms with Gasteiger partial charge in [-0.05, 0) is 52.3 Å². The second-order valence-corrected chi connectivity index (χ2v) is 7.72. The molecule has 1 saturated heterocycles. The molecule has 5 nitrogen and oxygen atoms in total. The van der Waals surface area contributed by atoms with Crippen LogP contribution in [0.4, 0.5) is 15.2 Å². The summed E-state index contributed by atoms with van der Waals surface area (Å²) in [4.78, 5) is 19.3. The second kappa shape index (κ2) is 7.30. The molecule has 26 heavy (non-hydrogen) atoms. The van der Waals surface area contributed by atoms with Gasteiger partial charge in [-0.1, -0.05) is 11.3 Å². The third-order valence-electron chi connectivity index (χ3n) is 4.09. The number of ether oxygens (including phenoxy) is 1. The van der Waals surface area contributed by atoms with Crippen LogP contribution in [0, 0.1) is 5.82 Å². The van der Waals surface area contributed by atoms with Gasteiger partial charge in [-0.3, -0.25) is 4.79 Å². The first-order chi connectivity index (χ1) is 12.6. The van der Waals surface area contributed by atoms with Crippen molar-refractivity contribution in [2.45, 2.75) is 0 Å². The number of rotatable bonds is 3. The number of nitrogens with one attached hydrogen (secondary N) is 1. The summed E-state index contributed by atoms with van der Waals surface area (Å²) in [5.74, 6) is -0.819. The smallest absolute Gasteiger partial charge is 0.256 e. The lowest BCUT2D eigenvalue weighted by Gasteiger charge is -2.25. The molecule has 1 fully saturated rings. The van der Waals surface area contributed by atoms with E-state index in [1.807, 2.05) is 12.1 Å². The Kier molecular flexibility index (Phi) is 4.88. The van der Waals surface area contributed by atoms with Crippen LogP contribution in [-0.4, -0.2) is 37.2 Å². The molecule has 0 saturated carbocycles. The summed E-state index contributed by atoms with van der Waals surface area (Å²) in [6.07, 6.45) is 0. The Bertz CT molecular complexity index is 972. The van der Waals surface area contributed by atoms with Gasteiger partial charge in [0.2, 0.25) is 0 Å². The SMILES string of the molecule is O=C(Nc1ccc2nc(N3CCOCC3)sc2c1)c1cc(F)ccc1Br. The largest absolute Gasteiger partial charge is 0.378 e. The Morgan fingerprint density at radius 2 is 2.04 bits per heavy atom. The zero-order valence-corrected chi connectivity index (χ0v) is 16.1. The molecule has 1 aromatic heterocycles. The molecule has 0 spiro atoms. The van der Waals surface area contributed by atoms with Gasteiger partial charge in [-0.2, -0.15) is 0 Å². The monoisotopic (exact) mass is 435 g/mol. The Morgan fingerprint density at radius 1 is 1.23 bits per heavy atom. The lowest BCUT2D eigenvalue weighted by Crippen LogP contribution is -2.36. The Hall–Kier alpha value is -2.03. The normalized spacial score (nSPS) is 14.6. The zero-order chi connectivity index (χ0) is 18.1. The number of amides is 1. The third kappa shape index (κ3) is 3.58. The number of anilines is 2. The first kappa shape index (κ1) is 17.4. The number of aromatic nitrogens is 1. The molecule has 134 valence electrons. The zero-order valence-electron chi connectivity index (χ0n) is 13.7. The minimum Gasteiger partial charge on any atom is -0.378 e. The van der Waals surface area contributed by atoms with Gasteiger partial charge < -0.3 is 15.0 Å². The quantitative estimate of drug-likeness (QED) is 0.666. The number of hydrogen-bond donors (Lipinski definition) is 1. The molecule has 1 aliphatic rings. The maximum atomic E-state index is 13.4. The first-order valence-electron chi connectivity index (χ1n) is 8.10. The van der Waals surface area contributed by atoms with Gasteiger partial charge in [0, 0.05) is 23.2 Å². The van der Waals surface area contributed by atoms with E-state index in [9.17, 15) is 9.18 Å². The van der Waals surface area contributed by atoms with Gasteiger partial charge in [0.15, 0.2) is 5.13 Å². The molecule has 2 heterocycles. The predicted molar refractivity (Wildman–Crippen MR) is 105 cm³/mol. The number of carbonyl (C=O) groups excluding carboxylic acids is 1. The maximum absolute atomic E-state index is 13.4. The fourth-order valence-electron chi connectivity index (χ4n) is 2.75. The molecule has 0 aliphatic carbocycles. The van der Waals surface area contributed by atoms with Crippen LogP contribution in [-0.2, 0) is 4.74 Å². The highest BCUT2D eigenvalue weighted by Gasteiger charge is 2.16. The molecule has 1 N–H and O–H groups in total. The Labute approximate surface area is 161 Å². The van der Waals surface area contributed by atoms with Crippen LogP contribution in [0.1, 0.15) is 10.4 Å². The van der Waals surface area contributed by atoms with Gasteiger partial charge in [-0.15, -0.1) is 0 Å². The molecule has 0 bridgehead atoms. The number of nitrogens with zero attached hydrogens (tertiary/aromatic N) is 2. The van der Waals surface area contributed by atoms with E-state index >= 15 is 0 Å². The van der Waals surface area contributed by atoms with Crippen molar-refractivity contribution in [2.24, 2.45) is 0 Å². The number of benzene rings is 2. The standard InChI is InChI=1S/C18H15BrFN3O2S/c19-14-3-1-11(20)9-13(14)17(24)21-12-2-4-15-16(10-12)26-18(22-15)23-5-7-25-8-6-23/h1-4,9-10H,5-8H2,(H,21,24). The lowest BCUT2D eigenvalue weighted by molar-refractivity contribution is 0.102. The molecule has 0 atom stereocenters. The van der Waals surface area contributed by atoms with Gasteiger partial charge in [0.05, 0.1) is 29.0 Å². The molecule has 3 aromatic rings.